The quantitative estimate of drug-likeness (QED) is 0.660. The van der Waals surface area contributed by atoms with E-state index in [4.69, 9.17) is 4.74 Å². The molecule has 1 amide bonds. The van der Waals surface area contributed by atoms with E-state index in [1.165, 1.54) is 19.3 Å². The summed E-state index contributed by atoms with van der Waals surface area (Å²) in [5.74, 6) is 0.622. The molecule has 1 fully saturated rings. The molecule has 1 aromatic carbocycles. The van der Waals surface area contributed by atoms with Gasteiger partial charge in [-0.25, -0.2) is 4.79 Å². The molecule has 25 heavy (non-hydrogen) atoms. The zero-order chi connectivity index (χ0) is 18.1. The van der Waals surface area contributed by atoms with Gasteiger partial charge in [-0.05, 0) is 56.2 Å². The highest BCUT2D eigenvalue weighted by molar-refractivity contribution is 5.95. The van der Waals surface area contributed by atoms with E-state index < -0.39 is 0 Å². The van der Waals surface area contributed by atoms with Crippen molar-refractivity contribution in [2.45, 2.75) is 65.2 Å². The van der Waals surface area contributed by atoms with Crippen LogP contribution < -0.4 is 5.32 Å². The van der Waals surface area contributed by atoms with Crippen LogP contribution in [0.25, 0.3) is 0 Å². The molecule has 0 aliphatic heterocycles. The van der Waals surface area contributed by atoms with Crippen molar-refractivity contribution in [3.63, 3.8) is 0 Å². The number of carbonyl (C=O) groups is 2. The van der Waals surface area contributed by atoms with E-state index >= 15 is 0 Å². The van der Waals surface area contributed by atoms with Crippen LogP contribution in [0.4, 0.5) is 5.69 Å². The van der Waals surface area contributed by atoms with E-state index in [-0.39, 0.29) is 17.8 Å². The number of amides is 1. The third kappa shape index (κ3) is 6.18. The van der Waals surface area contributed by atoms with Gasteiger partial charge < -0.3 is 10.1 Å². The molecular formula is C21H31NO3. The van der Waals surface area contributed by atoms with Gasteiger partial charge in [0.15, 0.2) is 0 Å². The predicted octanol–water partition coefficient (Wildman–Crippen LogP) is 5.19. The minimum Gasteiger partial charge on any atom is -0.462 e. The molecule has 0 atom stereocenters. The number of esters is 1. The molecule has 0 bridgehead atoms. The maximum absolute atomic E-state index is 12.5. The summed E-state index contributed by atoms with van der Waals surface area (Å²) in [6, 6.07) is 7.01. The molecule has 0 saturated heterocycles. The van der Waals surface area contributed by atoms with Crippen molar-refractivity contribution in [2.75, 3.05) is 11.9 Å². The van der Waals surface area contributed by atoms with Gasteiger partial charge >= 0.3 is 5.97 Å². The van der Waals surface area contributed by atoms with Crippen LogP contribution >= 0.6 is 0 Å². The van der Waals surface area contributed by atoms with E-state index in [0.717, 1.165) is 38.0 Å². The Labute approximate surface area is 151 Å². The number of anilines is 1. The van der Waals surface area contributed by atoms with Crippen LogP contribution in [0.2, 0.25) is 0 Å². The summed E-state index contributed by atoms with van der Waals surface area (Å²) in [5.41, 5.74) is 1.15. The van der Waals surface area contributed by atoms with Gasteiger partial charge in [-0.1, -0.05) is 39.2 Å². The summed E-state index contributed by atoms with van der Waals surface area (Å²) >= 11 is 0. The lowest BCUT2D eigenvalue weighted by molar-refractivity contribution is -0.121. The van der Waals surface area contributed by atoms with Crippen molar-refractivity contribution in [3.05, 3.63) is 29.8 Å². The fraction of sp³-hybridized carbons (Fsp3) is 0.619. The van der Waals surface area contributed by atoms with Crippen LogP contribution in [-0.2, 0) is 9.53 Å². The fourth-order valence-electron chi connectivity index (χ4n) is 3.45. The molecule has 1 aliphatic carbocycles. The van der Waals surface area contributed by atoms with Gasteiger partial charge in [0.05, 0.1) is 12.2 Å². The molecule has 138 valence electrons. The molecule has 1 saturated carbocycles. The Morgan fingerprint density at radius 2 is 1.88 bits per heavy atom. The van der Waals surface area contributed by atoms with E-state index in [1.54, 1.807) is 18.2 Å². The van der Waals surface area contributed by atoms with E-state index in [9.17, 15) is 9.59 Å². The average Bonchev–Trinajstić information content (AvgIpc) is 2.65. The molecule has 0 aromatic heterocycles. The van der Waals surface area contributed by atoms with E-state index in [0.29, 0.717) is 17.9 Å². The van der Waals surface area contributed by atoms with Crippen molar-refractivity contribution in [2.24, 2.45) is 11.8 Å². The summed E-state index contributed by atoms with van der Waals surface area (Å²) < 4.78 is 5.15. The van der Waals surface area contributed by atoms with Gasteiger partial charge in [-0.3, -0.25) is 4.79 Å². The molecule has 1 aromatic rings. The molecule has 4 nitrogen and oxygen atoms in total. The number of unbranched alkanes of at least 4 members (excludes halogenated alkanes) is 1. The second-order valence-electron chi connectivity index (χ2n) is 7.07. The first-order chi connectivity index (χ1) is 12.1. The topological polar surface area (TPSA) is 55.4 Å². The predicted molar refractivity (Wildman–Crippen MR) is 101 cm³/mol. The number of hydrogen-bond donors (Lipinski definition) is 1. The average molecular weight is 345 g/mol. The molecule has 1 aliphatic rings. The number of carbonyl (C=O) groups excluding carboxylic acids is 2. The van der Waals surface area contributed by atoms with E-state index in [2.05, 4.69) is 12.2 Å². The molecular weight excluding hydrogens is 314 g/mol. The van der Waals surface area contributed by atoms with Gasteiger partial charge in [-0.15, -0.1) is 0 Å². The van der Waals surface area contributed by atoms with Crippen molar-refractivity contribution in [1.29, 1.82) is 0 Å². The zero-order valence-corrected chi connectivity index (χ0v) is 15.6. The van der Waals surface area contributed by atoms with Crippen LogP contribution in [0.15, 0.2) is 24.3 Å². The molecule has 4 heteroatoms. The second kappa shape index (κ2) is 10.2. The SMILES string of the molecule is CCCCC1CCC(C(=O)Nc2cccc(C(=O)OCCC)c2)CC1. The Balaban J connectivity index is 1.85. The maximum Gasteiger partial charge on any atom is 0.338 e. The highest BCUT2D eigenvalue weighted by Gasteiger charge is 2.26. The highest BCUT2D eigenvalue weighted by atomic mass is 16.5. The van der Waals surface area contributed by atoms with Crippen molar-refractivity contribution in [1.82, 2.24) is 0 Å². The lowest BCUT2D eigenvalue weighted by Gasteiger charge is -2.27. The summed E-state index contributed by atoms with van der Waals surface area (Å²) in [5, 5.41) is 2.97. The van der Waals surface area contributed by atoms with Crippen LogP contribution in [0.3, 0.4) is 0 Å². The normalized spacial score (nSPS) is 20.1. The number of nitrogens with one attached hydrogen (secondary N) is 1. The van der Waals surface area contributed by atoms with Crippen molar-refractivity contribution in [3.8, 4) is 0 Å². The third-order valence-corrected chi connectivity index (χ3v) is 4.99. The Bertz CT molecular complexity index is 562. The Morgan fingerprint density at radius 3 is 2.56 bits per heavy atom. The highest BCUT2D eigenvalue weighted by Crippen LogP contribution is 2.32. The van der Waals surface area contributed by atoms with Crippen molar-refractivity contribution < 1.29 is 14.3 Å². The smallest absolute Gasteiger partial charge is 0.338 e. The van der Waals surface area contributed by atoms with Gasteiger partial charge in [-0.2, -0.15) is 0 Å². The largest absolute Gasteiger partial charge is 0.462 e. The first kappa shape index (κ1) is 19.5. The number of benzene rings is 1. The lowest BCUT2D eigenvalue weighted by atomic mass is 9.79. The number of ether oxygens (including phenoxy) is 1. The lowest BCUT2D eigenvalue weighted by Crippen LogP contribution is -2.27. The monoisotopic (exact) mass is 345 g/mol. The van der Waals surface area contributed by atoms with Crippen LogP contribution in [-0.4, -0.2) is 18.5 Å². The third-order valence-electron chi connectivity index (χ3n) is 4.99. The Morgan fingerprint density at radius 1 is 1.12 bits per heavy atom. The van der Waals surface area contributed by atoms with Crippen LogP contribution in [0, 0.1) is 11.8 Å². The summed E-state index contributed by atoms with van der Waals surface area (Å²) in [6.45, 7) is 4.60. The van der Waals surface area contributed by atoms with Crippen molar-refractivity contribution >= 4 is 17.6 Å². The molecule has 1 N–H and O–H groups in total. The molecule has 0 heterocycles. The summed E-state index contributed by atoms with van der Waals surface area (Å²) in [7, 11) is 0. The molecule has 0 radical (unpaired) electrons. The minimum absolute atomic E-state index is 0.0769. The van der Waals surface area contributed by atoms with E-state index in [1.807, 2.05) is 13.0 Å². The Hall–Kier alpha value is -1.84. The van der Waals surface area contributed by atoms with Crippen LogP contribution in [0.5, 0.6) is 0 Å². The fourth-order valence-corrected chi connectivity index (χ4v) is 3.45. The number of rotatable bonds is 8. The van der Waals surface area contributed by atoms with Crippen LogP contribution in [0.1, 0.15) is 75.6 Å². The number of hydrogen-bond acceptors (Lipinski definition) is 3. The summed E-state index contributed by atoms with van der Waals surface area (Å²) in [4.78, 5) is 24.4. The first-order valence-corrected chi connectivity index (χ1v) is 9.72. The molecule has 0 spiro atoms. The second-order valence-corrected chi connectivity index (χ2v) is 7.07. The maximum atomic E-state index is 12.5. The van der Waals surface area contributed by atoms with Gasteiger partial charge in [0.1, 0.15) is 0 Å². The standard InChI is InChI=1S/C21H31NO3/c1-3-5-7-16-10-12-17(13-11-16)20(23)22-19-9-6-8-18(15-19)21(24)25-14-4-2/h6,8-9,15-17H,3-5,7,10-14H2,1-2H3,(H,22,23). The van der Waals surface area contributed by atoms with Gasteiger partial charge in [0.2, 0.25) is 5.91 Å². The summed E-state index contributed by atoms with van der Waals surface area (Å²) in [6.07, 6.45) is 8.88. The minimum atomic E-state index is -0.339. The van der Waals surface area contributed by atoms with Gasteiger partial charge in [0.25, 0.3) is 0 Å². The first-order valence-electron chi connectivity index (χ1n) is 9.72. The van der Waals surface area contributed by atoms with Gasteiger partial charge in [0, 0.05) is 11.6 Å². The Kier molecular flexibility index (Phi) is 7.96. The molecule has 0 unspecified atom stereocenters. The molecule has 2 rings (SSSR count). The zero-order valence-electron chi connectivity index (χ0n) is 15.6.